The Labute approximate surface area is 126 Å². The van der Waals surface area contributed by atoms with Crippen molar-refractivity contribution < 1.29 is 9.59 Å². The van der Waals surface area contributed by atoms with Crippen LogP contribution < -0.4 is 11.1 Å². The molecule has 2 heterocycles. The molecule has 0 aliphatic heterocycles. The lowest BCUT2D eigenvalue weighted by atomic mass is 10.1. The van der Waals surface area contributed by atoms with Crippen LogP contribution in [0.3, 0.4) is 0 Å². The predicted molar refractivity (Wildman–Crippen MR) is 77.6 cm³/mol. The lowest BCUT2D eigenvalue weighted by Crippen LogP contribution is -2.46. The smallest absolute Gasteiger partial charge is 0.270 e. The van der Waals surface area contributed by atoms with Crippen LogP contribution in [0.15, 0.2) is 42.7 Å². The third-order valence-corrected chi connectivity index (χ3v) is 3.00. The van der Waals surface area contributed by atoms with Crippen LogP contribution in [-0.4, -0.2) is 27.8 Å². The molecule has 0 saturated heterocycles. The second kappa shape index (κ2) is 6.81. The fourth-order valence-electron chi connectivity index (χ4n) is 1.71. The molecular formula is C14H13ClN4O2. The molecule has 0 aliphatic rings. The van der Waals surface area contributed by atoms with Crippen LogP contribution in [0, 0.1) is 0 Å². The van der Waals surface area contributed by atoms with Crippen molar-refractivity contribution in [3.05, 3.63) is 59.1 Å². The molecule has 0 unspecified atom stereocenters. The maximum atomic E-state index is 12.0. The minimum atomic E-state index is -0.845. The van der Waals surface area contributed by atoms with Gasteiger partial charge in [0, 0.05) is 18.8 Å². The van der Waals surface area contributed by atoms with Gasteiger partial charge in [0.2, 0.25) is 5.91 Å². The quantitative estimate of drug-likeness (QED) is 0.804. The Bertz CT molecular complexity index is 631. The Balaban J connectivity index is 2.07. The number of carbonyl (C=O) groups excluding carboxylic acids is 2. The predicted octanol–water partition coefficient (Wildman–Crippen LogP) is 0.956. The van der Waals surface area contributed by atoms with E-state index < -0.39 is 17.9 Å². The van der Waals surface area contributed by atoms with Gasteiger partial charge in [-0.15, -0.1) is 0 Å². The van der Waals surface area contributed by atoms with Crippen LogP contribution in [0.2, 0.25) is 5.15 Å². The first kappa shape index (κ1) is 14.9. The highest BCUT2D eigenvalue weighted by Crippen LogP contribution is 2.08. The van der Waals surface area contributed by atoms with Gasteiger partial charge in [0.15, 0.2) is 0 Å². The molecule has 1 atom stereocenters. The van der Waals surface area contributed by atoms with E-state index in [-0.39, 0.29) is 12.1 Å². The number of carbonyl (C=O) groups is 2. The van der Waals surface area contributed by atoms with Crippen molar-refractivity contribution in [2.24, 2.45) is 5.73 Å². The third kappa shape index (κ3) is 4.25. The van der Waals surface area contributed by atoms with E-state index in [9.17, 15) is 9.59 Å². The maximum absolute atomic E-state index is 12.0. The summed E-state index contributed by atoms with van der Waals surface area (Å²) in [6, 6.07) is 7.42. The minimum absolute atomic E-state index is 0.220. The average molecular weight is 305 g/mol. The van der Waals surface area contributed by atoms with Gasteiger partial charge in [0.1, 0.15) is 16.9 Å². The standard InChI is InChI=1S/C14H13ClN4O2/c15-12-5-4-9(8-18-12)7-11(13(16)20)19-14(21)10-3-1-2-6-17-10/h1-6,8,11H,7H2,(H2,16,20)(H,19,21)/t11-/m0/s1. The number of nitrogens with two attached hydrogens (primary N) is 1. The molecule has 2 aromatic rings. The van der Waals surface area contributed by atoms with Crippen molar-refractivity contribution in [3.63, 3.8) is 0 Å². The van der Waals surface area contributed by atoms with Gasteiger partial charge >= 0.3 is 0 Å². The van der Waals surface area contributed by atoms with Crippen LogP contribution in [-0.2, 0) is 11.2 Å². The molecule has 0 spiro atoms. The first-order chi connectivity index (χ1) is 10.1. The summed E-state index contributed by atoms with van der Waals surface area (Å²) in [6.45, 7) is 0. The largest absolute Gasteiger partial charge is 0.368 e. The van der Waals surface area contributed by atoms with Gasteiger partial charge < -0.3 is 11.1 Å². The molecule has 0 aliphatic carbocycles. The molecule has 0 fully saturated rings. The van der Waals surface area contributed by atoms with E-state index in [1.807, 2.05) is 0 Å². The number of rotatable bonds is 5. The van der Waals surface area contributed by atoms with Gasteiger partial charge in [0.05, 0.1) is 0 Å². The Morgan fingerprint density at radius 2 is 2.05 bits per heavy atom. The lowest BCUT2D eigenvalue weighted by Gasteiger charge is -2.15. The Kier molecular flexibility index (Phi) is 4.84. The number of nitrogens with zero attached hydrogens (tertiary/aromatic N) is 2. The molecule has 6 nitrogen and oxygen atoms in total. The molecule has 0 bridgehead atoms. The van der Waals surface area contributed by atoms with Crippen molar-refractivity contribution in [1.82, 2.24) is 15.3 Å². The third-order valence-electron chi connectivity index (χ3n) is 2.77. The number of amides is 2. The van der Waals surface area contributed by atoms with Gasteiger partial charge in [-0.2, -0.15) is 0 Å². The zero-order chi connectivity index (χ0) is 15.2. The van der Waals surface area contributed by atoms with Gasteiger partial charge in [-0.05, 0) is 23.8 Å². The maximum Gasteiger partial charge on any atom is 0.270 e. The van der Waals surface area contributed by atoms with E-state index in [0.29, 0.717) is 5.15 Å². The highest BCUT2D eigenvalue weighted by atomic mass is 35.5. The summed E-state index contributed by atoms with van der Waals surface area (Å²) in [5, 5.41) is 2.91. The molecule has 7 heteroatoms. The summed E-state index contributed by atoms with van der Waals surface area (Å²) in [4.78, 5) is 31.3. The topological polar surface area (TPSA) is 98.0 Å². The van der Waals surface area contributed by atoms with E-state index >= 15 is 0 Å². The van der Waals surface area contributed by atoms with Crippen LogP contribution in [0.1, 0.15) is 16.1 Å². The number of pyridine rings is 2. The molecule has 2 rings (SSSR count). The first-order valence-corrected chi connectivity index (χ1v) is 6.55. The molecule has 2 amide bonds. The summed E-state index contributed by atoms with van der Waals surface area (Å²) in [5.74, 6) is -1.09. The Morgan fingerprint density at radius 3 is 2.62 bits per heavy atom. The summed E-state index contributed by atoms with van der Waals surface area (Å²) in [6.07, 6.45) is 3.26. The number of halogens is 1. The van der Waals surface area contributed by atoms with Gasteiger partial charge in [0.25, 0.3) is 5.91 Å². The lowest BCUT2D eigenvalue weighted by molar-refractivity contribution is -0.119. The molecule has 0 aromatic carbocycles. The molecule has 21 heavy (non-hydrogen) atoms. The van der Waals surface area contributed by atoms with Gasteiger partial charge in [-0.3, -0.25) is 14.6 Å². The zero-order valence-electron chi connectivity index (χ0n) is 11.0. The molecule has 108 valence electrons. The number of primary amides is 1. The van der Waals surface area contributed by atoms with Crippen LogP contribution in [0.4, 0.5) is 0 Å². The monoisotopic (exact) mass is 304 g/mol. The van der Waals surface area contributed by atoms with E-state index in [1.54, 1.807) is 30.3 Å². The van der Waals surface area contributed by atoms with Crippen molar-refractivity contribution in [3.8, 4) is 0 Å². The normalized spacial score (nSPS) is 11.7. The SMILES string of the molecule is NC(=O)[C@H](Cc1ccc(Cl)nc1)NC(=O)c1ccccn1. The highest BCUT2D eigenvalue weighted by molar-refractivity contribution is 6.29. The van der Waals surface area contributed by atoms with Crippen molar-refractivity contribution in [2.45, 2.75) is 12.5 Å². The van der Waals surface area contributed by atoms with E-state index in [4.69, 9.17) is 17.3 Å². The fraction of sp³-hybridized carbons (Fsp3) is 0.143. The second-order valence-electron chi connectivity index (χ2n) is 4.34. The molecule has 0 radical (unpaired) electrons. The van der Waals surface area contributed by atoms with Gasteiger partial charge in [-0.25, -0.2) is 4.98 Å². The zero-order valence-corrected chi connectivity index (χ0v) is 11.7. The van der Waals surface area contributed by atoms with Crippen molar-refractivity contribution >= 4 is 23.4 Å². The Hall–Kier alpha value is -2.47. The van der Waals surface area contributed by atoms with Gasteiger partial charge in [-0.1, -0.05) is 23.7 Å². The first-order valence-electron chi connectivity index (χ1n) is 6.18. The van der Waals surface area contributed by atoms with Crippen LogP contribution in [0.5, 0.6) is 0 Å². The summed E-state index contributed by atoms with van der Waals surface area (Å²) >= 11 is 5.69. The number of hydrogen-bond donors (Lipinski definition) is 2. The Morgan fingerprint density at radius 1 is 1.24 bits per heavy atom. The number of aromatic nitrogens is 2. The number of hydrogen-bond acceptors (Lipinski definition) is 4. The number of nitrogens with one attached hydrogen (secondary N) is 1. The van der Waals surface area contributed by atoms with E-state index in [1.165, 1.54) is 12.4 Å². The molecule has 0 saturated carbocycles. The van der Waals surface area contributed by atoms with E-state index in [2.05, 4.69) is 15.3 Å². The van der Waals surface area contributed by atoms with Crippen LogP contribution >= 0.6 is 11.6 Å². The highest BCUT2D eigenvalue weighted by Gasteiger charge is 2.20. The summed E-state index contributed by atoms with van der Waals surface area (Å²) in [7, 11) is 0. The average Bonchev–Trinajstić information content (AvgIpc) is 2.49. The molecule has 2 aromatic heterocycles. The minimum Gasteiger partial charge on any atom is -0.368 e. The van der Waals surface area contributed by atoms with Crippen LogP contribution in [0.25, 0.3) is 0 Å². The van der Waals surface area contributed by atoms with E-state index in [0.717, 1.165) is 5.56 Å². The fourth-order valence-corrected chi connectivity index (χ4v) is 1.83. The second-order valence-corrected chi connectivity index (χ2v) is 4.72. The molecule has 3 N–H and O–H groups in total. The van der Waals surface area contributed by atoms with Crippen molar-refractivity contribution in [1.29, 1.82) is 0 Å². The summed E-state index contributed by atoms with van der Waals surface area (Å²) < 4.78 is 0. The molecular weight excluding hydrogens is 292 g/mol. The van der Waals surface area contributed by atoms with Crippen molar-refractivity contribution in [2.75, 3.05) is 0 Å². The summed E-state index contributed by atoms with van der Waals surface area (Å²) in [5.41, 5.74) is 6.28.